The molecule has 2 rings (SSSR count). The standard InChI is InChI=1S/C12H21N3OS3/c1-3-6-13-12(8-16)5-4-9(7-12)18-11-15-14-10(17-2)19-11/h9,13,16H,3-8H2,1-2H3. The van der Waals surface area contributed by atoms with Gasteiger partial charge in [0.2, 0.25) is 0 Å². The van der Waals surface area contributed by atoms with Gasteiger partial charge in [0.15, 0.2) is 8.68 Å². The fourth-order valence-corrected chi connectivity index (χ4v) is 5.41. The molecule has 0 bridgehead atoms. The van der Waals surface area contributed by atoms with Crippen molar-refractivity contribution < 1.29 is 5.11 Å². The van der Waals surface area contributed by atoms with E-state index in [4.69, 9.17) is 0 Å². The Bertz CT molecular complexity index is 401. The van der Waals surface area contributed by atoms with Gasteiger partial charge in [-0.05, 0) is 38.5 Å². The molecule has 1 aliphatic carbocycles. The second-order valence-electron chi connectivity index (χ2n) is 4.89. The lowest BCUT2D eigenvalue weighted by Gasteiger charge is -2.28. The fraction of sp³-hybridized carbons (Fsp3) is 0.833. The smallest absolute Gasteiger partial charge is 0.175 e. The number of nitrogens with zero attached hydrogens (tertiary/aromatic N) is 2. The van der Waals surface area contributed by atoms with Crippen LogP contribution in [-0.2, 0) is 0 Å². The molecule has 1 aliphatic rings. The maximum atomic E-state index is 9.67. The molecule has 1 heterocycles. The van der Waals surface area contributed by atoms with Gasteiger partial charge in [-0.3, -0.25) is 0 Å². The Morgan fingerprint density at radius 3 is 2.89 bits per heavy atom. The Kier molecular flexibility index (Phi) is 5.95. The number of aliphatic hydroxyl groups is 1. The monoisotopic (exact) mass is 319 g/mol. The molecule has 4 nitrogen and oxygen atoms in total. The van der Waals surface area contributed by atoms with E-state index < -0.39 is 0 Å². The average Bonchev–Trinajstić information content (AvgIpc) is 3.05. The zero-order chi connectivity index (χ0) is 13.7. The van der Waals surface area contributed by atoms with Crippen LogP contribution in [-0.4, -0.2) is 45.5 Å². The summed E-state index contributed by atoms with van der Waals surface area (Å²) in [4.78, 5) is 0. The van der Waals surface area contributed by atoms with Crippen molar-refractivity contribution in [1.82, 2.24) is 15.5 Å². The number of aliphatic hydroxyl groups excluding tert-OH is 1. The van der Waals surface area contributed by atoms with Crippen LogP contribution in [0.5, 0.6) is 0 Å². The summed E-state index contributed by atoms with van der Waals surface area (Å²) in [6.45, 7) is 3.37. The highest BCUT2D eigenvalue weighted by Crippen LogP contribution is 2.41. The molecule has 2 N–H and O–H groups in total. The fourth-order valence-electron chi connectivity index (χ4n) is 2.40. The third-order valence-corrected chi connectivity index (χ3v) is 6.70. The predicted octanol–water partition coefficient (Wildman–Crippen LogP) is 2.64. The Labute approximate surface area is 127 Å². The third-order valence-electron chi connectivity index (χ3n) is 3.45. The van der Waals surface area contributed by atoms with E-state index in [1.165, 1.54) is 0 Å². The van der Waals surface area contributed by atoms with E-state index in [0.29, 0.717) is 5.25 Å². The Hall–Kier alpha value is 0.180. The van der Waals surface area contributed by atoms with Crippen LogP contribution in [0, 0.1) is 0 Å². The molecular formula is C12H21N3OS3. The molecule has 108 valence electrons. The predicted molar refractivity (Wildman–Crippen MR) is 83.3 cm³/mol. The SMILES string of the molecule is CCCNC1(CO)CCC(Sc2nnc(SC)s2)C1. The highest BCUT2D eigenvalue weighted by atomic mass is 32.2. The number of hydrogen-bond donors (Lipinski definition) is 2. The molecule has 1 fully saturated rings. The summed E-state index contributed by atoms with van der Waals surface area (Å²) in [5.74, 6) is 0. The van der Waals surface area contributed by atoms with Gasteiger partial charge in [0, 0.05) is 10.8 Å². The zero-order valence-corrected chi connectivity index (χ0v) is 13.8. The molecule has 7 heteroatoms. The number of rotatable bonds is 7. The van der Waals surface area contributed by atoms with Gasteiger partial charge in [0.25, 0.3) is 0 Å². The summed E-state index contributed by atoms with van der Waals surface area (Å²) >= 11 is 5.13. The largest absolute Gasteiger partial charge is 0.394 e. The first kappa shape index (κ1) is 15.6. The van der Waals surface area contributed by atoms with Crippen LogP contribution in [0.3, 0.4) is 0 Å². The van der Waals surface area contributed by atoms with Crippen molar-refractivity contribution in [3.8, 4) is 0 Å². The van der Waals surface area contributed by atoms with E-state index in [-0.39, 0.29) is 12.1 Å². The highest BCUT2D eigenvalue weighted by Gasteiger charge is 2.38. The molecule has 0 aromatic carbocycles. The molecule has 19 heavy (non-hydrogen) atoms. The summed E-state index contributed by atoms with van der Waals surface area (Å²) in [5, 5.41) is 22.1. The van der Waals surface area contributed by atoms with Crippen LogP contribution in [0.15, 0.2) is 8.68 Å². The lowest BCUT2D eigenvalue weighted by molar-refractivity contribution is 0.165. The van der Waals surface area contributed by atoms with E-state index in [1.807, 2.05) is 18.0 Å². The molecule has 0 amide bonds. The van der Waals surface area contributed by atoms with E-state index in [1.54, 1.807) is 23.1 Å². The molecule has 0 radical (unpaired) electrons. The molecule has 2 unspecified atom stereocenters. The van der Waals surface area contributed by atoms with Gasteiger partial charge >= 0.3 is 0 Å². The quantitative estimate of drug-likeness (QED) is 0.754. The van der Waals surface area contributed by atoms with E-state index >= 15 is 0 Å². The van der Waals surface area contributed by atoms with E-state index in [0.717, 1.165) is 40.9 Å². The van der Waals surface area contributed by atoms with Crippen LogP contribution in [0.4, 0.5) is 0 Å². The van der Waals surface area contributed by atoms with Crippen LogP contribution >= 0.6 is 34.9 Å². The van der Waals surface area contributed by atoms with E-state index in [9.17, 15) is 5.11 Å². The minimum absolute atomic E-state index is 0.0687. The van der Waals surface area contributed by atoms with Crippen molar-refractivity contribution in [3.63, 3.8) is 0 Å². The normalized spacial score (nSPS) is 27.0. The van der Waals surface area contributed by atoms with Gasteiger partial charge < -0.3 is 10.4 Å². The highest BCUT2D eigenvalue weighted by molar-refractivity contribution is 8.03. The first-order valence-electron chi connectivity index (χ1n) is 6.61. The third kappa shape index (κ3) is 4.07. The molecule has 0 saturated heterocycles. The van der Waals surface area contributed by atoms with Crippen LogP contribution in [0.25, 0.3) is 0 Å². The molecular weight excluding hydrogens is 298 g/mol. The van der Waals surface area contributed by atoms with Crippen molar-refractivity contribution in [2.24, 2.45) is 0 Å². The minimum Gasteiger partial charge on any atom is -0.394 e. The van der Waals surface area contributed by atoms with Gasteiger partial charge in [0.1, 0.15) is 0 Å². The van der Waals surface area contributed by atoms with Gasteiger partial charge in [-0.1, -0.05) is 41.8 Å². The van der Waals surface area contributed by atoms with Gasteiger partial charge in [-0.15, -0.1) is 10.2 Å². The van der Waals surface area contributed by atoms with Crippen molar-refractivity contribution in [3.05, 3.63) is 0 Å². The van der Waals surface area contributed by atoms with Gasteiger partial charge in [-0.25, -0.2) is 0 Å². The summed E-state index contributed by atoms with van der Waals surface area (Å²) in [7, 11) is 0. The van der Waals surface area contributed by atoms with Crippen LogP contribution < -0.4 is 5.32 Å². The Morgan fingerprint density at radius 2 is 2.26 bits per heavy atom. The second-order valence-corrected chi connectivity index (χ2v) is 8.46. The number of nitrogens with one attached hydrogen (secondary N) is 1. The van der Waals surface area contributed by atoms with Crippen molar-refractivity contribution in [1.29, 1.82) is 0 Å². The zero-order valence-electron chi connectivity index (χ0n) is 11.4. The van der Waals surface area contributed by atoms with Gasteiger partial charge in [-0.2, -0.15) is 0 Å². The molecule has 1 aromatic heterocycles. The van der Waals surface area contributed by atoms with Crippen molar-refractivity contribution >= 4 is 34.9 Å². The van der Waals surface area contributed by atoms with E-state index in [2.05, 4.69) is 22.4 Å². The van der Waals surface area contributed by atoms with Crippen LogP contribution in [0.2, 0.25) is 0 Å². The molecule has 0 aliphatic heterocycles. The maximum absolute atomic E-state index is 9.67. The molecule has 1 aromatic rings. The Balaban J connectivity index is 1.89. The first-order valence-corrected chi connectivity index (χ1v) is 9.53. The molecule has 1 saturated carbocycles. The van der Waals surface area contributed by atoms with Crippen molar-refractivity contribution in [2.45, 2.75) is 52.1 Å². The first-order chi connectivity index (χ1) is 9.21. The summed E-state index contributed by atoms with van der Waals surface area (Å²) in [6.07, 6.45) is 6.33. The lowest BCUT2D eigenvalue weighted by atomic mass is 9.99. The van der Waals surface area contributed by atoms with Crippen molar-refractivity contribution in [2.75, 3.05) is 19.4 Å². The van der Waals surface area contributed by atoms with Crippen LogP contribution in [0.1, 0.15) is 32.6 Å². The second kappa shape index (κ2) is 7.26. The van der Waals surface area contributed by atoms with Gasteiger partial charge in [0.05, 0.1) is 6.61 Å². The molecule has 2 atom stereocenters. The lowest BCUT2D eigenvalue weighted by Crippen LogP contribution is -2.46. The minimum atomic E-state index is -0.0687. The summed E-state index contributed by atoms with van der Waals surface area (Å²) in [6, 6.07) is 0. The number of thioether (sulfide) groups is 2. The maximum Gasteiger partial charge on any atom is 0.175 e. The number of hydrogen-bond acceptors (Lipinski definition) is 7. The summed E-state index contributed by atoms with van der Waals surface area (Å²) in [5.41, 5.74) is -0.0687. The summed E-state index contributed by atoms with van der Waals surface area (Å²) < 4.78 is 2.08. The topological polar surface area (TPSA) is 58.0 Å². The Morgan fingerprint density at radius 1 is 1.47 bits per heavy atom. The number of aromatic nitrogens is 2. The average molecular weight is 320 g/mol. The molecule has 0 spiro atoms.